The number of hydrogen-bond acceptors (Lipinski definition) is 3. The van der Waals surface area contributed by atoms with E-state index in [0.29, 0.717) is 22.0 Å². The van der Waals surface area contributed by atoms with Gasteiger partial charge in [0.1, 0.15) is 11.8 Å². The van der Waals surface area contributed by atoms with Crippen molar-refractivity contribution in [3.63, 3.8) is 0 Å². The van der Waals surface area contributed by atoms with E-state index in [2.05, 4.69) is 5.32 Å². The lowest BCUT2D eigenvalue weighted by molar-refractivity contribution is 0.102. The number of ether oxygens (including phenoxy) is 1. The highest BCUT2D eigenvalue weighted by atomic mass is 35.5. The minimum absolute atomic E-state index is 0.0115. The van der Waals surface area contributed by atoms with Crippen LogP contribution in [-0.4, -0.2) is 17.1 Å². The van der Waals surface area contributed by atoms with Crippen molar-refractivity contribution in [2.45, 2.75) is 13.8 Å². The van der Waals surface area contributed by atoms with Gasteiger partial charge in [-0.2, -0.15) is 5.26 Å². The highest BCUT2D eigenvalue weighted by molar-refractivity contribution is 6.30. The second-order valence-corrected chi connectivity index (χ2v) is 6.46. The van der Waals surface area contributed by atoms with Gasteiger partial charge < -0.3 is 14.6 Å². The summed E-state index contributed by atoms with van der Waals surface area (Å²) in [5.41, 5.74) is 4.02. The van der Waals surface area contributed by atoms with E-state index < -0.39 is 0 Å². The molecule has 2 aromatic carbocycles. The number of nitrogens with zero attached hydrogens (tertiary/aromatic N) is 2. The first-order valence-corrected chi connectivity index (χ1v) is 8.73. The molecule has 1 N–H and O–H groups in total. The van der Waals surface area contributed by atoms with Gasteiger partial charge in [0.15, 0.2) is 6.61 Å². The number of benzene rings is 2. The van der Waals surface area contributed by atoms with Gasteiger partial charge in [0.2, 0.25) is 0 Å². The molecule has 0 bridgehead atoms. The van der Waals surface area contributed by atoms with Crippen molar-refractivity contribution in [1.82, 2.24) is 4.57 Å². The van der Waals surface area contributed by atoms with E-state index in [-0.39, 0.29) is 12.5 Å². The standard InChI is InChI=1S/C21H18ClN3O2/c1-14-13-20(15(2)25(14)18-7-3-16(22)4-8-18)21(26)24-17-5-9-19(10-6-17)27-12-11-23/h3-10,13H,12H2,1-2H3,(H,24,26). The molecule has 1 amide bonds. The smallest absolute Gasteiger partial charge is 0.257 e. The van der Waals surface area contributed by atoms with Crippen LogP contribution in [0.5, 0.6) is 5.75 Å². The SMILES string of the molecule is Cc1cc(C(=O)Nc2ccc(OCC#N)cc2)c(C)n1-c1ccc(Cl)cc1. The minimum Gasteiger partial charge on any atom is -0.479 e. The van der Waals surface area contributed by atoms with Gasteiger partial charge in [0.25, 0.3) is 5.91 Å². The number of carbonyl (C=O) groups excluding carboxylic acids is 1. The number of rotatable bonds is 5. The van der Waals surface area contributed by atoms with E-state index in [9.17, 15) is 4.79 Å². The monoisotopic (exact) mass is 379 g/mol. The third kappa shape index (κ3) is 4.13. The van der Waals surface area contributed by atoms with Crippen molar-refractivity contribution in [2.75, 3.05) is 11.9 Å². The number of nitriles is 1. The predicted molar refractivity (Wildman–Crippen MR) is 106 cm³/mol. The first-order chi connectivity index (χ1) is 13.0. The van der Waals surface area contributed by atoms with Crippen molar-refractivity contribution in [2.24, 2.45) is 0 Å². The molecule has 6 heteroatoms. The van der Waals surface area contributed by atoms with Crippen LogP contribution in [0.15, 0.2) is 54.6 Å². The maximum Gasteiger partial charge on any atom is 0.257 e. The topological polar surface area (TPSA) is 67.0 Å². The van der Waals surface area contributed by atoms with Gasteiger partial charge in [-0.25, -0.2) is 0 Å². The Labute approximate surface area is 162 Å². The number of halogens is 1. The number of anilines is 1. The van der Waals surface area contributed by atoms with Gasteiger partial charge in [-0.1, -0.05) is 11.6 Å². The summed E-state index contributed by atoms with van der Waals surface area (Å²) in [7, 11) is 0. The van der Waals surface area contributed by atoms with Crippen molar-refractivity contribution in [3.8, 4) is 17.5 Å². The molecule has 0 aliphatic rings. The molecule has 5 nitrogen and oxygen atoms in total. The Morgan fingerprint density at radius 1 is 1.15 bits per heavy atom. The molecule has 0 fully saturated rings. The maximum atomic E-state index is 12.7. The van der Waals surface area contributed by atoms with Gasteiger partial charge in [-0.05, 0) is 68.4 Å². The number of aromatic nitrogens is 1. The van der Waals surface area contributed by atoms with Gasteiger partial charge in [0, 0.05) is 27.8 Å². The molecule has 1 heterocycles. The van der Waals surface area contributed by atoms with Crippen LogP contribution in [0.2, 0.25) is 5.02 Å². The van der Waals surface area contributed by atoms with Gasteiger partial charge in [0.05, 0.1) is 5.56 Å². The Morgan fingerprint density at radius 2 is 1.81 bits per heavy atom. The highest BCUT2D eigenvalue weighted by Crippen LogP contribution is 2.23. The van der Waals surface area contributed by atoms with Crippen LogP contribution in [0, 0.1) is 25.2 Å². The summed E-state index contributed by atoms with van der Waals surface area (Å²) in [5.74, 6) is 0.393. The summed E-state index contributed by atoms with van der Waals surface area (Å²) in [6, 6.07) is 18.2. The van der Waals surface area contributed by atoms with E-state index >= 15 is 0 Å². The molecule has 27 heavy (non-hydrogen) atoms. The van der Waals surface area contributed by atoms with E-state index in [4.69, 9.17) is 21.6 Å². The summed E-state index contributed by atoms with van der Waals surface area (Å²) >= 11 is 5.97. The molecule has 3 rings (SSSR count). The molecule has 1 aromatic heterocycles. The summed E-state index contributed by atoms with van der Waals surface area (Å²) in [4.78, 5) is 12.7. The lowest BCUT2D eigenvalue weighted by Crippen LogP contribution is -2.13. The van der Waals surface area contributed by atoms with Crippen molar-refractivity contribution >= 4 is 23.2 Å². The fourth-order valence-corrected chi connectivity index (χ4v) is 3.05. The molecule has 0 aliphatic carbocycles. The van der Waals surface area contributed by atoms with Crippen LogP contribution in [0.25, 0.3) is 5.69 Å². The minimum atomic E-state index is -0.186. The molecular weight excluding hydrogens is 362 g/mol. The maximum absolute atomic E-state index is 12.7. The molecule has 136 valence electrons. The van der Waals surface area contributed by atoms with Crippen LogP contribution >= 0.6 is 11.6 Å². The molecule has 0 atom stereocenters. The molecular formula is C21H18ClN3O2. The quantitative estimate of drug-likeness (QED) is 0.685. The lowest BCUT2D eigenvalue weighted by atomic mass is 10.2. The van der Waals surface area contributed by atoms with Crippen molar-refractivity contribution in [1.29, 1.82) is 5.26 Å². The van der Waals surface area contributed by atoms with E-state index in [1.807, 2.05) is 54.8 Å². The van der Waals surface area contributed by atoms with Gasteiger partial charge >= 0.3 is 0 Å². The fourth-order valence-electron chi connectivity index (χ4n) is 2.93. The Balaban J connectivity index is 1.80. The van der Waals surface area contributed by atoms with E-state index in [1.165, 1.54) is 0 Å². The second kappa shape index (κ2) is 7.98. The third-order valence-corrected chi connectivity index (χ3v) is 4.43. The molecule has 0 aliphatic heterocycles. The molecule has 3 aromatic rings. The highest BCUT2D eigenvalue weighted by Gasteiger charge is 2.17. The fraction of sp³-hybridized carbons (Fsp3) is 0.143. The molecule has 0 radical (unpaired) electrons. The van der Waals surface area contributed by atoms with Crippen LogP contribution in [0.4, 0.5) is 5.69 Å². The normalized spacial score (nSPS) is 10.3. The summed E-state index contributed by atoms with van der Waals surface area (Å²) in [6.07, 6.45) is 0. The number of amides is 1. The van der Waals surface area contributed by atoms with Gasteiger partial charge in [-0.15, -0.1) is 0 Å². The zero-order valence-corrected chi connectivity index (χ0v) is 15.7. The summed E-state index contributed by atoms with van der Waals surface area (Å²) < 4.78 is 7.23. The first-order valence-electron chi connectivity index (χ1n) is 8.35. The Bertz CT molecular complexity index is 1000. The average Bonchev–Trinajstić information content (AvgIpc) is 2.96. The third-order valence-electron chi connectivity index (χ3n) is 4.18. The summed E-state index contributed by atoms with van der Waals surface area (Å²) in [5, 5.41) is 12.1. The predicted octanol–water partition coefficient (Wildman–Crippen LogP) is 4.90. The number of nitrogens with one attached hydrogen (secondary N) is 1. The lowest BCUT2D eigenvalue weighted by Gasteiger charge is -2.10. The number of carbonyl (C=O) groups is 1. The zero-order chi connectivity index (χ0) is 19.4. The average molecular weight is 380 g/mol. The Hall–Kier alpha value is -3.23. The van der Waals surface area contributed by atoms with Crippen molar-refractivity contribution in [3.05, 3.63) is 76.6 Å². The van der Waals surface area contributed by atoms with Gasteiger partial charge in [-0.3, -0.25) is 4.79 Å². The second-order valence-electron chi connectivity index (χ2n) is 6.02. The van der Waals surface area contributed by atoms with Crippen molar-refractivity contribution < 1.29 is 9.53 Å². The first kappa shape index (κ1) is 18.6. The molecule has 0 saturated carbocycles. The largest absolute Gasteiger partial charge is 0.479 e. The number of hydrogen-bond donors (Lipinski definition) is 1. The van der Waals surface area contributed by atoms with Crippen LogP contribution in [-0.2, 0) is 0 Å². The summed E-state index contributed by atoms with van der Waals surface area (Å²) in [6.45, 7) is 3.86. The van der Waals surface area contributed by atoms with Crippen LogP contribution in [0.3, 0.4) is 0 Å². The zero-order valence-electron chi connectivity index (χ0n) is 15.0. The van der Waals surface area contributed by atoms with Crippen LogP contribution < -0.4 is 10.1 Å². The van der Waals surface area contributed by atoms with E-state index in [0.717, 1.165) is 17.1 Å². The molecule has 0 spiro atoms. The number of aryl methyl sites for hydroxylation is 1. The van der Waals surface area contributed by atoms with E-state index in [1.54, 1.807) is 24.3 Å². The Kier molecular flexibility index (Phi) is 5.49. The van der Waals surface area contributed by atoms with Crippen LogP contribution in [0.1, 0.15) is 21.7 Å². The molecule has 0 saturated heterocycles. The molecule has 0 unspecified atom stereocenters. The Morgan fingerprint density at radius 3 is 2.44 bits per heavy atom.